The van der Waals surface area contributed by atoms with Crippen LogP contribution in [0.2, 0.25) is 5.15 Å². The molecule has 8 nitrogen and oxygen atoms in total. The van der Waals surface area contributed by atoms with Gasteiger partial charge in [-0.15, -0.1) is 20.4 Å². The molecule has 1 saturated carbocycles. The molecule has 1 amide bonds. The number of primary amides is 1. The fraction of sp³-hybridized carbons (Fsp3) is 0.533. The molecular weight excluding hydrogens is 330 g/mol. The van der Waals surface area contributed by atoms with E-state index in [9.17, 15) is 4.79 Å². The van der Waals surface area contributed by atoms with E-state index in [1.54, 1.807) is 0 Å². The molecule has 2 aromatic heterocycles. The molecule has 2 aliphatic rings. The van der Waals surface area contributed by atoms with Crippen molar-refractivity contribution in [2.24, 2.45) is 5.73 Å². The minimum Gasteiger partial charge on any atom is -0.365 e. The molecule has 3 heterocycles. The normalized spacial score (nSPS) is 18.8. The standard InChI is InChI=1S/C15H18ClN7O/c16-12-7-11(13(17)24)15(21-19-12)22-5-3-9(4-6-22)14-20-18-8-23(14)10-1-2-10/h7-10H,1-6H2,(H2,17,24). The Morgan fingerprint density at radius 1 is 1.17 bits per heavy atom. The Hall–Kier alpha value is -2.22. The Morgan fingerprint density at radius 3 is 2.58 bits per heavy atom. The van der Waals surface area contributed by atoms with Crippen molar-refractivity contribution in [1.29, 1.82) is 0 Å². The molecule has 9 heteroatoms. The summed E-state index contributed by atoms with van der Waals surface area (Å²) >= 11 is 5.83. The van der Waals surface area contributed by atoms with Gasteiger partial charge in [0.05, 0.1) is 5.56 Å². The largest absolute Gasteiger partial charge is 0.365 e. The fourth-order valence-electron chi connectivity index (χ4n) is 3.30. The average Bonchev–Trinajstić information content (AvgIpc) is 3.32. The summed E-state index contributed by atoms with van der Waals surface area (Å²) in [6, 6.07) is 2.05. The van der Waals surface area contributed by atoms with E-state index in [1.807, 2.05) is 11.2 Å². The summed E-state index contributed by atoms with van der Waals surface area (Å²) in [5, 5.41) is 16.5. The van der Waals surface area contributed by atoms with E-state index < -0.39 is 5.91 Å². The van der Waals surface area contributed by atoms with E-state index >= 15 is 0 Å². The summed E-state index contributed by atoms with van der Waals surface area (Å²) in [4.78, 5) is 13.7. The molecule has 0 unspecified atom stereocenters. The third-order valence-electron chi connectivity index (χ3n) is 4.71. The van der Waals surface area contributed by atoms with E-state index in [1.165, 1.54) is 18.9 Å². The maximum atomic E-state index is 11.6. The van der Waals surface area contributed by atoms with Gasteiger partial charge in [-0.3, -0.25) is 4.79 Å². The molecular formula is C15H18ClN7O. The molecule has 0 aromatic carbocycles. The molecule has 0 radical (unpaired) electrons. The van der Waals surface area contributed by atoms with Gasteiger partial charge in [0.15, 0.2) is 11.0 Å². The van der Waals surface area contributed by atoms with Gasteiger partial charge in [0.2, 0.25) is 0 Å². The van der Waals surface area contributed by atoms with Crippen molar-refractivity contribution in [3.05, 3.63) is 28.9 Å². The van der Waals surface area contributed by atoms with Gasteiger partial charge in [0, 0.05) is 25.0 Å². The van der Waals surface area contributed by atoms with Gasteiger partial charge in [-0.1, -0.05) is 11.6 Å². The smallest absolute Gasteiger partial charge is 0.252 e. The van der Waals surface area contributed by atoms with Gasteiger partial charge in [0.1, 0.15) is 12.2 Å². The fourth-order valence-corrected chi connectivity index (χ4v) is 3.45. The monoisotopic (exact) mass is 347 g/mol. The van der Waals surface area contributed by atoms with Crippen molar-refractivity contribution in [3.8, 4) is 0 Å². The second-order valence-corrected chi connectivity index (χ2v) is 6.74. The highest BCUT2D eigenvalue weighted by atomic mass is 35.5. The number of hydrogen-bond donors (Lipinski definition) is 1. The summed E-state index contributed by atoms with van der Waals surface area (Å²) in [7, 11) is 0. The van der Waals surface area contributed by atoms with E-state index in [-0.39, 0.29) is 5.15 Å². The van der Waals surface area contributed by atoms with Gasteiger partial charge in [-0.05, 0) is 31.7 Å². The number of amides is 1. The van der Waals surface area contributed by atoms with Crippen molar-refractivity contribution in [2.45, 2.75) is 37.6 Å². The van der Waals surface area contributed by atoms with Crippen LogP contribution < -0.4 is 10.6 Å². The number of aromatic nitrogens is 5. The zero-order valence-electron chi connectivity index (χ0n) is 13.1. The molecule has 24 heavy (non-hydrogen) atoms. The number of piperidine rings is 1. The zero-order chi connectivity index (χ0) is 16.7. The van der Waals surface area contributed by atoms with Crippen LogP contribution >= 0.6 is 11.6 Å². The van der Waals surface area contributed by atoms with Crippen LogP contribution in [0, 0.1) is 0 Å². The Kier molecular flexibility index (Phi) is 3.84. The third kappa shape index (κ3) is 2.82. The van der Waals surface area contributed by atoms with Gasteiger partial charge in [0.25, 0.3) is 5.91 Å². The van der Waals surface area contributed by atoms with E-state index in [4.69, 9.17) is 17.3 Å². The SMILES string of the molecule is NC(=O)c1cc(Cl)nnc1N1CCC(c2nncn2C2CC2)CC1. The van der Waals surface area contributed by atoms with Crippen LogP contribution in [0.25, 0.3) is 0 Å². The number of nitrogens with zero attached hydrogens (tertiary/aromatic N) is 6. The number of rotatable bonds is 4. The van der Waals surface area contributed by atoms with Crippen LogP contribution in [-0.4, -0.2) is 44.0 Å². The maximum Gasteiger partial charge on any atom is 0.252 e. The first-order chi connectivity index (χ1) is 11.6. The lowest BCUT2D eigenvalue weighted by Gasteiger charge is -2.32. The summed E-state index contributed by atoms with van der Waals surface area (Å²) < 4.78 is 2.22. The minimum atomic E-state index is -0.544. The Morgan fingerprint density at radius 2 is 1.92 bits per heavy atom. The summed E-state index contributed by atoms with van der Waals surface area (Å²) in [6.45, 7) is 1.53. The molecule has 2 fully saturated rings. The van der Waals surface area contributed by atoms with Crippen molar-refractivity contribution in [3.63, 3.8) is 0 Å². The van der Waals surface area contributed by atoms with Crippen LogP contribution in [0.15, 0.2) is 12.4 Å². The second kappa shape index (κ2) is 6.01. The quantitative estimate of drug-likeness (QED) is 0.899. The third-order valence-corrected chi connectivity index (χ3v) is 4.90. The van der Waals surface area contributed by atoms with Crippen molar-refractivity contribution < 1.29 is 4.79 Å². The van der Waals surface area contributed by atoms with Crippen LogP contribution in [0.3, 0.4) is 0 Å². The number of carbonyl (C=O) groups excluding carboxylic acids is 1. The van der Waals surface area contributed by atoms with Crippen LogP contribution in [-0.2, 0) is 0 Å². The Bertz CT molecular complexity index is 765. The molecule has 2 N–H and O–H groups in total. The summed E-state index contributed by atoms with van der Waals surface area (Å²) in [5.41, 5.74) is 5.76. The first-order valence-electron chi connectivity index (χ1n) is 8.11. The molecule has 0 spiro atoms. The first kappa shape index (κ1) is 15.3. The Balaban J connectivity index is 1.50. The summed E-state index contributed by atoms with van der Waals surface area (Å²) in [6.07, 6.45) is 6.12. The van der Waals surface area contributed by atoms with Crippen molar-refractivity contribution in [1.82, 2.24) is 25.0 Å². The molecule has 1 aliphatic carbocycles. The number of carbonyl (C=O) groups is 1. The van der Waals surface area contributed by atoms with E-state index in [0.717, 1.165) is 31.8 Å². The molecule has 0 bridgehead atoms. The second-order valence-electron chi connectivity index (χ2n) is 6.36. The highest BCUT2D eigenvalue weighted by Crippen LogP contribution is 2.38. The van der Waals surface area contributed by atoms with Crippen LogP contribution in [0.4, 0.5) is 5.82 Å². The lowest BCUT2D eigenvalue weighted by Crippen LogP contribution is -2.36. The van der Waals surface area contributed by atoms with E-state index in [0.29, 0.717) is 23.3 Å². The molecule has 2 aromatic rings. The molecule has 1 saturated heterocycles. The average molecular weight is 348 g/mol. The van der Waals surface area contributed by atoms with E-state index in [2.05, 4.69) is 25.0 Å². The molecule has 0 atom stereocenters. The topological polar surface area (TPSA) is 103 Å². The molecule has 126 valence electrons. The van der Waals surface area contributed by atoms with Crippen molar-refractivity contribution in [2.75, 3.05) is 18.0 Å². The lowest BCUT2D eigenvalue weighted by atomic mass is 9.95. The maximum absolute atomic E-state index is 11.6. The van der Waals surface area contributed by atoms with Gasteiger partial charge < -0.3 is 15.2 Å². The van der Waals surface area contributed by atoms with Gasteiger partial charge >= 0.3 is 0 Å². The molecule has 4 rings (SSSR count). The predicted octanol–water partition coefficient (Wildman–Crippen LogP) is 1.54. The highest BCUT2D eigenvalue weighted by molar-refractivity contribution is 6.29. The number of hydrogen-bond acceptors (Lipinski definition) is 6. The highest BCUT2D eigenvalue weighted by Gasteiger charge is 2.32. The first-order valence-corrected chi connectivity index (χ1v) is 8.48. The van der Waals surface area contributed by atoms with Crippen LogP contribution in [0.1, 0.15) is 53.8 Å². The number of anilines is 1. The summed E-state index contributed by atoms with van der Waals surface area (Å²) in [5.74, 6) is 1.42. The number of nitrogens with two attached hydrogens (primary N) is 1. The van der Waals surface area contributed by atoms with Crippen molar-refractivity contribution >= 4 is 23.3 Å². The Labute approximate surface area is 144 Å². The lowest BCUT2D eigenvalue weighted by molar-refractivity contribution is 0.1000. The van der Waals surface area contributed by atoms with Gasteiger partial charge in [-0.25, -0.2) is 0 Å². The van der Waals surface area contributed by atoms with Crippen LogP contribution in [0.5, 0.6) is 0 Å². The zero-order valence-corrected chi connectivity index (χ0v) is 13.9. The van der Waals surface area contributed by atoms with Gasteiger partial charge in [-0.2, -0.15) is 0 Å². The molecule has 1 aliphatic heterocycles. The number of halogens is 1. The predicted molar refractivity (Wildman–Crippen MR) is 88.0 cm³/mol. The minimum absolute atomic E-state index is 0.167.